The fourth-order valence-corrected chi connectivity index (χ4v) is 16.1. The maximum Gasteiger partial charge on any atom is 0.119 e. The van der Waals surface area contributed by atoms with E-state index in [0.717, 1.165) is 109 Å². The molecule has 0 unspecified atom stereocenters. The Morgan fingerprint density at radius 2 is 0.475 bits per heavy atom. The van der Waals surface area contributed by atoms with Gasteiger partial charge in [0.2, 0.25) is 0 Å². The topological polar surface area (TPSA) is 142 Å². The minimum atomic E-state index is -0.721. The van der Waals surface area contributed by atoms with Gasteiger partial charge in [-0.1, -0.05) is 137 Å². The lowest BCUT2D eigenvalue weighted by Gasteiger charge is -2.32. The summed E-state index contributed by atoms with van der Waals surface area (Å²) in [5.41, 5.74) is 34.4. The molecule has 4 aliphatic carbocycles. The molecule has 13 aromatic carbocycles. The van der Waals surface area contributed by atoms with Crippen molar-refractivity contribution >= 4 is 115 Å². The van der Waals surface area contributed by atoms with Gasteiger partial charge in [-0.3, -0.25) is 0 Å². The third-order valence-electron chi connectivity index (χ3n) is 19.1. The van der Waals surface area contributed by atoms with Crippen LogP contribution in [0, 0.1) is 0 Å². The lowest BCUT2D eigenvalue weighted by Crippen LogP contribution is -2.26. The second kappa shape index (κ2) is 27.1. The number of nitrogen functional groups attached to an aromatic ring is 1. The third kappa shape index (κ3) is 11.9. The van der Waals surface area contributed by atoms with E-state index in [-0.39, 0.29) is 18.6 Å². The minimum absolute atomic E-state index is 0.00580. The van der Waals surface area contributed by atoms with Crippen molar-refractivity contribution in [1.29, 1.82) is 0 Å². The maximum atomic E-state index is 9.71. The Hall–Kier alpha value is -9.90. The second-order valence-electron chi connectivity index (χ2n) is 24.7. The van der Waals surface area contributed by atoms with Crippen LogP contribution in [0.2, 0.25) is 0 Å². The number of ether oxygens (including phenoxy) is 3. The highest BCUT2D eigenvalue weighted by molar-refractivity contribution is 9.11. The normalized spacial score (nSPS) is 12.8. The Morgan fingerprint density at radius 1 is 0.273 bits per heavy atom. The number of rotatable bonds is 13. The van der Waals surface area contributed by atoms with Gasteiger partial charge in [-0.15, -0.1) is 0 Å². The molecule has 13 aromatic rings. The molecule has 0 atom stereocenters. The zero-order valence-corrected chi connectivity index (χ0v) is 60.4. The zero-order chi connectivity index (χ0) is 68.1. The van der Waals surface area contributed by atoms with Crippen molar-refractivity contribution in [2.75, 3.05) is 48.3 Å². The molecular formula is C85H65Br4N5O5. The minimum Gasteiger partial charge on any atom is -0.497 e. The first-order valence-electron chi connectivity index (χ1n) is 32.2. The van der Waals surface area contributed by atoms with Crippen LogP contribution >= 0.6 is 63.7 Å². The highest BCUT2D eigenvalue weighted by atomic mass is 79.9. The van der Waals surface area contributed by atoms with E-state index in [1.807, 2.05) is 109 Å². The van der Waals surface area contributed by atoms with Crippen molar-refractivity contribution < 1.29 is 24.4 Å². The summed E-state index contributed by atoms with van der Waals surface area (Å²) in [6.45, 7) is -0.0116. The van der Waals surface area contributed by atoms with E-state index < -0.39 is 5.41 Å². The lowest BCUT2D eigenvalue weighted by molar-refractivity contribution is 0.281. The van der Waals surface area contributed by atoms with Crippen LogP contribution in [0.4, 0.5) is 51.2 Å². The van der Waals surface area contributed by atoms with Gasteiger partial charge >= 0.3 is 0 Å². The summed E-state index contributed by atoms with van der Waals surface area (Å²) in [6.07, 6.45) is 0. The van der Waals surface area contributed by atoms with Crippen LogP contribution in [0.3, 0.4) is 0 Å². The van der Waals surface area contributed by atoms with Crippen LogP contribution in [0.1, 0.15) is 55.6 Å². The van der Waals surface area contributed by atoms with Crippen molar-refractivity contribution in [2.45, 2.75) is 24.0 Å². The summed E-state index contributed by atoms with van der Waals surface area (Å²) in [4.78, 5) is 0. The predicted octanol–water partition coefficient (Wildman–Crippen LogP) is 22.4. The number of anilines is 9. The number of aliphatic hydroxyl groups excluding tert-OH is 2. The number of nitrogens with two attached hydrogens (primary N) is 1. The molecule has 10 nitrogen and oxygen atoms in total. The summed E-state index contributed by atoms with van der Waals surface area (Å²) in [7, 11) is 4.99. The number of benzene rings is 13. The smallest absolute Gasteiger partial charge is 0.119 e. The van der Waals surface area contributed by atoms with Crippen LogP contribution in [-0.2, 0) is 24.0 Å². The lowest BCUT2D eigenvalue weighted by atomic mass is 9.70. The largest absolute Gasteiger partial charge is 0.497 e. The first-order valence-corrected chi connectivity index (χ1v) is 35.4. The van der Waals surface area contributed by atoms with Gasteiger partial charge in [-0.2, -0.15) is 0 Å². The fraction of sp³-hybridized carbons (Fsp3) is 0.0824. The third-order valence-corrected chi connectivity index (χ3v) is 21.1. The molecule has 99 heavy (non-hydrogen) atoms. The molecule has 17 rings (SSSR count). The first-order chi connectivity index (χ1) is 48.3. The molecule has 0 heterocycles. The number of halogens is 4. The van der Waals surface area contributed by atoms with Crippen molar-refractivity contribution in [2.24, 2.45) is 0 Å². The molecule has 0 aliphatic heterocycles. The van der Waals surface area contributed by atoms with E-state index in [9.17, 15) is 10.2 Å². The molecule has 4 aliphatic rings. The van der Waals surface area contributed by atoms with Crippen LogP contribution < -0.4 is 41.2 Å². The van der Waals surface area contributed by atoms with Crippen LogP contribution in [0.25, 0.3) is 44.5 Å². The second-order valence-corrected chi connectivity index (χ2v) is 28.4. The van der Waals surface area contributed by atoms with Gasteiger partial charge in [0, 0.05) is 69.1 Å². The molecule has 488 valence electrons. The molecule has 0 saturated heterocycles. The van der Waals surface area contributed by atoms with E-state index in [2.05, 4.69) is 231 Å². The van der Waals surface area contributed by atoms with Crippen LogP contribution in [0.5, 0.6) is 17.2 Å². The Kier molecular flexibility index (Phi) is 17.8. The number of methoxy groups -OCH3 is 3. The average molecular weight is 1560 g/mol. The highest BCUT2D eigenvalue weighted by Gasteiger charge is 2.54. The monoisotopic (exact) mass is 1550 g/mol. The molecule has 8 N–H and O–H groups in total. The van der Waals surface area contributed by atoms with E-state index in [0.29, 0.717) is 0 Å². The SMILES string of the molecule is Brc1ccc2c(c1)C1(c3cc(Br)ccc3-2)c2cc(Br)ccc2-c2ccc(Br)cc21.COc1ccc(N)cc1.COc1ccc(Nc2ccc3c(c2)C2(c4cc(Nc5ccc(CO)cc5)ccc4-3)c3cc(Nc4ccc(CO)cc4)ccc3-c3ccc(Nc4ccc(OC)cc4)cc32)cc1. The fourth-order valence-electron chi connectivity index (χ4n) is 14.7. The van der Waals surface area contributed by atoms with Gasteiger partial charge in [0.15, 0.2) is 0 Å². The van der Waals surface area contributed by atoms with Crippen molar-refractivity contribution in [1.82, 2.24) is 0 Å². The molecule has 0 radical (unpaired) electrons. The van der Waals surface area contributed by atoms with Gasteiger partial charge in [-0.25, -0.2) is 0 Å². The Labute approximate surface area is 609 Å². The summed E-state index contributed by atoms with van der Waals surface area (Å²) in [5.74, 6) is 2.44. The first kappa shape index (κ1) is 65.1. The summed E-state index contributed by atoms with van der Waals surface area (Å²) < 4.78 is 20.2. The number of nitrogens with one attached hydrogen (secondary N) is 4. The van der Waals surface area contributed by atoms with E-state index in [1.165, 1.54) is 77.9 Å². The van der Waals surface area contributed by atoms with E-state index in [4.69, 9.17) is 19.9 Å². The Balaban J connectivity index is 0.000000171. The summed E-state index contributed by atoms with van der Waals surface area (Å²) >= 11 is 14.9. The number of fused-ring (bicyclic) bond motifs is 20. The molecule has 2 spiro atoms. The zero-order valence-electron chi connectivity index (χ0n) is 54.0. The van der Waals surface area contributed by atoms with Crippen molar-refractivity contribution in [3.8, 4) is 61.8 Å². The Morgan fingerprint density at radius 3 is 0.707 bits per heavy atom. The maximum absolute atomic E-state index is 9.71. The van der Waals surface area contributed by atoms with Crippen molar-refractivity contribution in [3.63, 3.8) is 0 Å². The van der Waals surface area contributed by atoms with E-state index >= 15 is 0 Å². The molecule has 0 fully saturated rings. The molecule has 14 heteroatoms. The summed E-state index contributed by atoms with van der Waals surface area (Å²) in [6, 6.07) is 92.6. The van der Waals surface area contributed by atoms with Crippen molar-refractivity contribution in [3.05, 3.63) is 340 Å². The van der Waals surface area contributed by atoms with Gasteiger partial charge in [0.05, 0.1) is 45.4 Å². The number of aliphatic hydroxyl groups is 2. The molecular weight excluding hydrogens is 1490 g/mol. The molecule has 0 bridgehead atoms. The quantitative estimate of drug-likeness (QED) is 0.0558. The van der Waals surface area contributed by atoms with Gasteiger partial charge < -0.3 is 51.4 Å². The molecule has 0 saturated carbocycles. The average Bonchev–Trinajstić information content (AvgIpc) is 1.52. The standard InChI is InChI=1S/C53H44N4O4.C25H12Br4.C7H9NO/c1-60-43-19-11-37(12-20-43)56-41-17-25-47-45-23-15-39(54-35-7-3-33(31-58)4-8-35)27-49(45)53(51(47)29-41)50-28-40(55-36-9-5-34(32-59)6-10-36)16-24-46(50)48-26-18-42(30-52(48)53)57-38-13-21-44(61-2)22-14-38;26-13-1-5-17-18-6-2-14(27)10-22(18)25(21(17)9-13)23-11-15(28)3-7-19(23)20-8-4-16(29)12-24(20)25;1-9-7-4-2-6(8)3-5-7/h3-30,54-59H,31-32H2,1-2H3;1-12H;2-5H,8H2,1H3. The van der Waals surface area contributed by atoms with E-state index in [1.54, 1.807) is 33.5 Å². The predicted molar refractivity (Wildman–Crippen MR) is 418 cm³/mol. The molecule has 0 amide bonds. The number of hydrogen-bond donors (Lipinski definition) is 7. The summed E-state index contributed by atoms with van der Waals surface area (Å²) in [5, 5.41) is 34.1. The van der Waals surface area contributed by atoms with Crippen LogP contribution in [0.15, 0.2) is 285 Å². The van der Waals surface area contributed by atoms with Crippen LogP contribution in [-0.4, -0.2) is 31.5 Å². The van der Waals surface area contributed by atoms with Gasteiger partial charge in [-0.05, 0) is 294 Å². The number of hydrogen-bond acceptors (Lipinski definition) is 10. The highest BCUT2D eigenvalue weighted by Crippen LogP contribution is 2.66. The Bertz CT molecular complexity index is 4630. The van der Waals surface area contributed by atoms with Gasteiger partial charge in [0.25, 0.3) is 0 Å². The molecule has 0 aromatic heterocycles. The van der Waals surface area contributed by atoms with Gasteiger partial charge in [0.1, 0.15) is 17.2 Å².